The third kappa shape index (κ3) is 4.84. The van der Waals surface area contributed by atoms with Crippen LogP contribution < -0.4 is 4.74 Å². The van der Waals surface area contributed by atoms with E-state index in [4.69, 9.17) is 9.47 Å². The molecule has 0 aliphatic rings. The zero-order valence-corrected chi connectivity index (χ0v) is 13.8. The van der Waals surface area contributed by atoms with Gasteiger partial charge in [0.25, 0.3) is 0 Å². The Labute approximate surface area is 141 Å². The first kappa shape index (κ1) is 17.5. The van der Waals surface area contributed by atoms with Gasteiger partial charge >= 0.3 is 11.9 Å². The predicted octanol–water partition coefficient (Wildman–Crippen LogP) is 3.27. The van der Waals surface area contributed by atoms with Crippen molar-refractivity contribution in [3.05, 3.63) is 65.2 Å². The lowest BCUT2D eigenvalue weighted by atomic mass is 10.1. The van der Waals surface area contributed by atoms with E-state index < -0.39 is 11.9 Å². The molecule has 0 bridgehead atoms. The molecule has 0 radical (unpaired) electrons. The maximum Gasteiger partial charge on any atom is 0.338 e. The van der Waals surface area contributed by atoms with Crippen LogP contribution >= 0.6 is 0 Å². The van der Waals surface area contributed by atoms with E-state index in [0.717, 1.165) is 12.2 Å². The Bertz CT molecular complexity index is 691. The van der Waals surface area contributed by atoms with Crippen molar-refractivity contribution in [2.45, 2.75) is 13.3 Å². The number of esters is 2. The second-order valence-electron chi connectivity index (χ2n) is 5.05. The summed E-state index contributed by atoms with van der Waals surface area (Å²) in [5.41, 5.74) is 1.94. The van der Waals surface area contributed by atoms with Gasteiger partial charge in [0, 0.05) is 0 Å². The van der Waals surface area contributed by atoms with Gasteiger partial charge in [-0.15, -0.1) is 0 Å². The van der Waals surface area contributed by atoms with Crippen LogP contribution in [0.4, 0.5) is 0 Å². The van der Waals surface area contributed by atoms with E-state index in [9.17, 15) is 9.59 Å². The molecule has 0 aliphatic heterocycles. The van der Waals surface area contributed by atoms with E-state index in [2.05, 4.69) is 11.7 Å². The van der Waals surface area contributed by atoms with Crippen LogP contribution in [0.25, 0.3) is 0 Å². The molecule has 2 aromatic carbocycles. The van der Waals surface area contributed by atoms with E-state index in [0.29, 0.717) is 11.1 Å². The van der Waals surface area contributed by atoms with Crippen LogP contribution in [-0.4, -0.2) is 32.3 Å². The molecule has 0 heterocycles. The molecule has 0 aliphatic carbocycles. The SMILES string of the molecule is CCc1cccc(OCCOC(=O)c2ccc(C(=O)OC)cc2)c1. The number of carbonyl (C=O) groups is 2. The summed E-state index contributed by atoms with van der Waals surface area (Å²) in [5.74, 6) is -0.150. The molecule has 2 aromatic rings. The third-order valence-corrected chi connectivity index (χ3v) is 3.43. The van der Waals surface area contributed by atoms with E-state index in [1.54, 1.807) is 0 Å². The molecule has 0 saturated carbocycles. The van der Waals surface area contributed by atoms with Gasteiger partial charge in [-0.3, -0.25) is 0 Å². The Hall–Kier alpha value is -2.82. The maximum atomic E-state index is 11.9. The fourth-order valence-electron chi connectivity index (χ4n) is 2.09. The quantitative estimate of drug-likeness (QED) is 0.576. The lowest BCUT2D eigenvalue weighted by Crippen LogP contribution is -2.12. The van der Waals surface area contributed by atoms with Gasteiger partial charge in [-0.1, -0.05) is 19.1 Å². The van der Waals surface area contributed by atoms with Gasteiger partial charge in [-0.25, -0.2) is 9.59 Å². The summed E-state index contributed by atoms with van der Waals surface area (Å²) in [6.45, 7) is 2.50. The number of methoxy groups -OCH3 is 1. The molecule has 24 heavy (non-hydrogen) atoms. The van der Waals surface area contributed by atoms with Crippen LogP contribution in [-0.2, 0) is 15.9 Å². The Kier molecular flexibility index (Phi) is 6.37. The monoisotopic (exact) mass is 328 g/mol. The van der Waals surface area contributed by atoms with Gasteiger partial charge in [0.15, 0.2) is 0 Å². The number of benzene rings is 2. The van der Waals surface area contributed by atoms with Crippen LogP contribution in [0.2, 0.25) is 0 Å². The Morgan fingerprint density at radius 1 is 0.917 bits per heavy atom. The highest BCUT2D eigenvalue weighted by Crippen LogP contribution is 2.13. The van der Waals surface area contributed by atoms with Crippen LogP contribution in [0.15, 0.2) is 48.5 Å². The van der Waals surface area contributed by atoms with Gasteiger partial charge in [0.2, 0.25) is 0 Å². The van der Waals surface area contributed by atoms with Crippen LogP contribution in [0.3, 0.4) is 0 Å². The minimum absolute atomic E-state index is 0.147. The zero-order valence-electron chi connectivity index (χ0n) is 13.8. The molecule has 0 aromatic heterocycles. The zero-order chi connectivity index (χ0) is 17.4. The highest BCUT2D eigenvalue weighted by Gasteiger charge is 2.10. The third-order valence-electron chi connectivity index (χ3n) is 3.43. The summed E-state index contributed by atoms with van der Waals surface area (Å²) in [6, 6.07) is 13.9. The minimum atomic E-state index is -0.461. The van der Waals surface area contributed by atoms with Gasteiger partial charge in [0.05, 0.1) is 18.2 Å². The van der Waals surface area contributed by atoms with Crippen molar-refractivity contribution in [3.63, 3.8) is 0 Å². The molecule has 5 nitrogen and oxygen atoms in total. The lowest BCUT2D eigenvalue weighted by molar-refractivity contribution is 0.0449. The number of carbonyl (C=O) groups excluding carboxylic acids is 2. The predicted molar refractivity (Wildman–Crippen MR) is 89.4 cm³/mol. The standard InChI is InChI=1S/C19H20O5/c1-3-14-5-4-6-17(13-14)23-11-12-24-19(21)16-9-7-15(8-10-16)18(20)22-2/h4-10,13H,3,11-12H2,1-2H3. The van der Waals surface area contributed by atoms with E-state index in [1.165, 1.54) is 36.9 Å². The topological polar surface area (TPSA) is 61.8 Å². The molecule has 0 spiro atoms. The van der Waals surface area contributed by atoms with E-state index in [-0.39, 0.29) is 13.2 Å². The van der Waals surface area contributed by atoms with Crippen LogP contribution in [0.1, 0.15) is 33.2 Å². The molecule has 0 fully saturated rings. The average Bonchev–Trinajstić information content (AvgIpc) is 2.64. The summed E-state index contributed by atoms with van der Waals surface area (Å²) in [6.07, 6.45) is 0.938. The molecule has 2 rings (SSSR count). The van der Waals surface area contributed by atoms with Crippen molar-refractivity contribution in [3.8, 4) is 5.75 Å². The van der Waals surface area contributed by atoms with Gasteiger partial charge < -0.3 is 14.2 Å². The summed E-state index contributed by atoms with van der Waals surface area (Å²) in [7, 11) is 1.31. The van der Waals surface area contributed by atoms with Gasteiger partial charge in [0.1, 0.15) is 19.0 Å². The average molecular weight is 328 g/mol. The number of aryl methyl sites for hydroxylation is 1. The maximum absolute atomic E-state index is 11.9. The van der Waals surface area contributed by atoms with Crippen molar-refractivity contribution in [1.29, 1.82) is 0 Å². The number of hydrogen-bond donors (Lipinski definition) is 0. The Balaban J connectivity index is 1.79. The molecule has 0 atom stereocenters. The van der Waals surface area contributed by atoms with Crippen LogP contribution in [0.5, 0.6) is 5.75 Å². The molecular weight excluding hydrogens is 308 g/mol. The largest absolute Gasteiger partial charge is 0.490 e. The molecule has 0 amide bonds. The number of rotatable bonds is 7. The summed E-state index contributed by atoms with van der Waals surface area (Å²) in [5, 5.41) is 0. The summed E-state index contributed by atoms with van der Waals surface area (Å²) in [4.78, 5) is 23.2. The molecule has 0 saturated heterocycles. The highest BCUT2D eigenvalue weighted by molar-refractivity contribution is 5.93. The molecule has 0 unspecified atom stereocenters. The molecule has 5 heteroatoms. The first-order valence-electron chi connectivity index (χ1n) is 7.71. The Morgan fingerprint density at radius 2 is 1.58 bits per heavy atom. The fraction of sp³-hybridized carbons (Fsp3) is 0.263. The number of ether oxygens (including phenoxy) is 3. The second kappa shape index (κ2) is 8.72. The first-order valence-corrected chi connectivity index (χ1v) is 7.71. The van der Waals surface area contributed by atoms with Crippen molar-refractivity contribution >= 4 is 11.9 Å². The lowest BCUT2D eigenvalue weighted by Gasteiger charge is -2.08. The fourth-order valence-corrected chi connectivity index (χ4v) is 2.09. The smallest absolute Gasteiger partial charge is 0.338 e. The van der Waals surface area contributed by atoms with Crippen molar-refractivity contribution in [2.24, 2.45) is 0 Å². The molecular formula is C19H20O5. The molecule has 126 valence electrons. The summed E-state index contributed by atoms with van der Waals surface area (Å²) >= 11 is 0. The van der Waals surface area contributed by atoms with Crippen molar-refractivity contribution < 1.29 is 23.8 Å². The van der Waals surface area contributed by atoms with Gasteiger partial charge in [-0.2, -0.15) is 0 Å². The van der Waals surface area contributed by atoms with Gasteiger partial charge in [-0.05, 0) is 48.4 Å². The minimum Gasteiger partial charge on any atom is -0.490 e. The van der Waals surface area contributed by atoms with E-state index in [1.807, 2.05) is 24.3 Å². The molecule has 0 N–H and O–H groups in total. The van der Waals surface area contributed by atoms with Crippen molar-refractivity contribution in [1.82, 2.24) is 0 Å². The first-order chi connectivity index (χ1) is 11.6. The number of hydrogen-bond acceptors (Lipinski definition) is 5. The van der Waals surface area contributed by atoms with Crippen molar-refractivity contribution in [2.75, 3.05) is 20.3 Å². The van der Waals surface area contributed by atoms with Crippen LogP contribution in [0, 0.1) is 0 Å². The summed E-state index contributed by atoms with van der Waals surface area (Å²) < 4.78 is 15.3. The normalized spacial score (nSPS) is 10.1. The Morgan fingerprint density at radius 3 is 2.21 bits per heavy atom. The van der Waals surface area contributed by atoms with E-state index >= 15 is 0 Å². The second-order valence-corrected chi connectivity index (χ2v) is 5.05. The highest BCUT2D eigenvalue weighted by atomic mass is 16.6.